The van der Waals surface area contributed by atoms with Crippen LogP contribution in [0.3, 0.4) is 0 Å². The molecule has 1 aromatic heterocycles. The number of amides is 4. The summed E-state index contributed by atoms with van der Waals surface area (Å²) in [7, 11) is 1.20. The summed E-state index contributed by atoms with van der Waals surface area (Å²) in [5, 5.41) is 17.5. The number of nitrogens with two attached hydrogens (primary N) is 2. The summed E-state index contributed by atoms with van der Waals surface area (Å²) in [6.07, 6.45) is 0.389. The van der Waals surface area contributed by atoms with E-state index in [1.807, 2.05) is 37.3 Å². The molecule has 2 unspecified atom stereocenters. The zero-order valence-electron chi connectivity index (χ0n) is 31.9. The first-order valence-electron chi connectivity index (χ1n) is 18.0. The fourth-order valence-corrected chi connectivity index (χ4v) is 5.87. The molecule has 8 N–H and O–H groups in total. The maximum absolute atomic E-state index is 14.9. The van der Waals surface area contributed by atoms with Gasteiger partial charge < -0.3 is 41.7 Å². The molecule has 1 heterocycles. The molecule has 0 radical (unpaired) electrons. The Balaban J connectivity index is 2.12. The van der Waals surface area contributed by atoms with Gasteiger partial charge in [0.1, 0.15) is 17.7 Å². The summed E-state index contributed by atoms with van der Waals surface area (Å²) >= 11 is 0. The predicted octanol–water partition coefficient (Wildman–Crippen LogP) is 2.02. The van der Waals surface area contributed by atoms with Gasteiger partial charge in [-0.15, -0.1) is 0 Å². The molecule has 0 spiro atoms. The quantitative estimate of drug-likeness (QED) is 0.103. The monoisotopic (exact) mass is 749 g/mol. The second kappa shape index (κ2) is 20.4. The number of aromatic amines is 1. The standard InChI is InChI=1S/C39H55N7O8/c1-7-24(2)32(37(51)53-6)45-34(48)28(21-40)33(47)31(19-26-16-12-9-13-17-26)46(38(52)54-39(3,4)5)36(50)30(20-27-22-42-23-43-27)44-35(49)29(41)18-25-14-10-8-11-15-25/h8-17,22-24,28-33,47H,7,18-21,40-41H2,1-6H3,(H,42,43)(H,44,49)(H,45,48)/t24-,28?,29-,30-,31-,32-,33?/m0/s1. The van der Waals surface area contributed by atoms with Crippen molar-refractivity contribution in [3.05, 3.63) is 90.0 Å². The SMILES string of the molecule is CC[C@H](C)[C@H](NC(=O)C(CN)C(O)[C@H](Cc1ccccc1)N(C(=O)OC(C)(C)C)C(=O)[C@H](Cc1c[nH]cn1)NC(=O)[C@@H](N)Cc1ccccc1)C(=O)OC. The average molecular weight is 750 g/mol. The van der Waals surface area contributed by atoms with Gasteiger partial charge in [-0.05, 0) is 50.7 Å². The number of methoxy groups -OCH3 is 1. The Bertz CT molecular complexity index is 1650. The Morgan fingerprint density at radius 2 is 1.52 bits per heavy atom. The van der Waals surface area contributed by atoms with E-state index in [4.69, 9.17) is 20.9 Å². The predicted molar refractivity (Wildman–Crippen MR) is 201 cm³/mol. The number of imidazole rings is 1. The van der Waals surface area contributed by atoms with Gasteiger partial charge in [0.25, 0.3) is 5.91 Å². The average Bonchev–Trinajstić information content (AvgIpc) is 3.66. The number of ether oxygens (including phenoxy) is 2. The highest BCUT2D eigenvalue weighted by molar-refractivity contribution is 5.98. The highest BCUT2D eigenvalue weighted by Crippen LogP contribution is 2.24. The summed E-state index contributed by atoms with van der Waals surface area (Å²) in [6, 6.07) is 12.8. The number of carbonyl (C=O) groups is 5. The van der Waals surface area contributed by atoms with Crippen LogP contribution in [0.15, 0.2) is 73.2 Å². The van der Waals surface area contributed by atoms with Crippen molar-refractivity contribution in [3.8, 4) is 0 Å². The molecule has 0 aliphatic carbocycles. The number of benzene rings is 2. The third-order valence-corrected chi connectivity index (χ3v) is 9.03. The van der Waals surface area contributed by atoms with E-state index >= 15 is 0 Å². The van der Waals surface area contributed by atoms with Gasteiger partial charge >= 0.3 is 12.1 Å². The topological polar surface area (TPSA) is 232 Å². The van der Waals surface area contributed by atoms with E-state index in [2.05, 4.69) is 20.6 Å². The van der Waals surface area contributed by atoms with E-state index in [1.54, 1.807) is 58.0 Å². The number of hydrogen-bond donors (Lipinski definition) is 6. The molecule has 0 fully saturated rings. The largest absolute Gasteiger partial charge is 0.467 e. The van der Waals surface area contributed by atoms with Crippen molar-refractivity contribution in [2.75, 3.05) is 13.7 Å². The van der Waals surface area contributed by atoms with Gasteiger partial charge in [0.15, 0.2) is 0 Å². The van der Waals surface area contributed by atoms with Crippen LogP contribution in [-0.4, -0.2) is 99.3 Å². The number of aliphatic hydroxyl groups is 1. The molecule has 15 nitrogen and oxygen atoms in total. The summed E-state index contributed by atoms with van der Waals surface area (Å²) in [4.78, 5) is 77.1. The minimum absolute atomic E-state index is 0.140. The van der Waals surface area contributed by atoms with Gasteiger partial charge in [-0.3, -0.25) is 14.4 Å². The molecule has 3 rings (SSSR count). The molecule has 3 aromatic rings. The van der Waals surface area contributed by atoms with Crippen LogP contribution in [0.5, 0.6) is 0 Å². The van der Waals surface area contributed by atoms with E-state index in [1.165, 1.54) is 19.6 Å². The van der Waals surface area contributed by atoms with Crippen molar-refractivity contribution in [1.82, 2.24) is 25.5 Å². The van der Waals surface area contributed by atoms with Crippen molar-refractivity contribution in [3.63, 3.8) is 0 Å². The molecule has 0 bridgehead atoms. The molecule has 7 atom stereocenters. The number of H-pyrrole nitrogens is 1. The van der Waals surface area contributed by atoms with E-state index < -0.39 is 78.1 Å². The number of esters is 1. The number of aromatic nitrogens is 2. The summed E-state index contributed by atoms with van der Waals surface area (Å²) in [5.41, 5.74) is 13.1. The third-order valence-electron chi connectivity index (χ3n) is 9.03. The van der Waals surface area contributed by atoms with E-state index in [0.717, 1.165) is 10.5 Å². The second-order valence-corrected chi connectivity index (χ2v) is 14.3. The fraction of sp³-hybridized carbons (Fsp3) is 0.487. The molecule has 2 aromatic carbocycles. The minimum atomic E-state index is -1.79. The molecule has 0 saturated heterocycles. The van der Waals surface area contributed by atoms with Gasteiger partial charge in [-0.25, -0.2) is 19.5 Å². The van der Waals surface area contributed by atoms with Crippen LogP contribution in [0.4, 0.5) is 4.79 Å². The lowest BCUT2D eigenvalue weighted by molar-refractivity contribution is -0.148. The molecule has 0 saturated carbocycles. The Hall–Kier alpha value is -5.12. The van der Waals surface area contributed by atoms with Crippen molar-refractivity contribution in [2.24, 2.45) is 23.3 Å². The van der Waals surface area contributed by atoms with Crippen molar-refractivity contribution in [1.29, 1.82) is 0 Å². The van der Waals surface area contributed by atoms with Gasteiger partial charge in [0.05, 0.1) is 43.2 Å². The number of imide groups is 1. The zero-order valence-corrected chi connectivity index (χ0v) is 31.9. The molecule has 0 aliphatic rings. The highest BCUT2D eigenvalue weighted by Gasteiger charge is 2.45. The lowest BCUT2D eigenvalue weighted by atomic mass is 9.88. The molecule has 294 valence electrons. The van der Waals surface area contributed by atoms with E-state index in [9.17, 15) is 29.1 Å². The molecule has 0 aliphatic heterocycles. The summed E-state index contributed by atoms with van der Waals surface area (Å²) < 4.78 is 10.7. The number of carbonyl (C=O) groups excluding carboxylic acids is 5. The highest BCUT2D eigenvalue weighted by atomic mass is 16.6. The third kappa shape index (κ3) is 12.5. The normalized spacial score (nSPS) is 15.4. The Labute approximate surface area is 316 Å². The first kappa shape index (κ1) is 43.3. The van der Waals surface area contributed by atoms with Gasteiger partial charge in [-0.1, -0.05) is 80.9 Å². The molecule has 54 heavy (non-hydrogen) atoms. The van der Waals surface area contributed by atoms with E-state index in [-0.39, 0.29) is 25.2 Å². The van der Waals surface area contributed by atoms with Crippen molar-refractivity contribution in [2.45, 2.75) is 96.2 Å². The van der Waals surface area contributed by atoms with Gasteiger partial charge in [0.2, 0.25) is 11.8 Å². The molecule has 4 amide bonds. The smallest absolute Gasteiger partial charge is 0.417 e. The van der Waals surface area contributed by atoms with Crippen LogP contribution >= 0.6 is 0 Å². The lowest BCUT2D eigenvalue weighted by Gasteiger charge is -2.38. The van der Waals surface area contributed by atoms with Crippen molar-refractivity contribution >= 4 is 29.8 Å². The number of aliphatic hydroxyl groups excluding tert-OH is 1. The molecular formula is C39H55N7O8. The van der Waals surface area contributed by atoms with Crippen LogP contribution in [0.1, 0.15) is 57.9 Å². The van der Waals surface area contributed by atoms with Crippen LogP contribution in [0, 0.1) is 11.8 Å². The van der Waals surface area contributed by atoms with Crippen LogP contribution < -0.4 is 22.1 Å². The fourth-order valence-electron chi connectivity index (χ4n) is 5.87. The molecular weight excluding hydrogens is 694 g/mol. The second-order valence-electron chi connectivity index (χ2n) is 14.3. The Kier molecular flexibility index (Phi) is 16.3. The summed E-state index contributed by atoms with van der Waals surface area (Å²) in [5.74, 6) is -4.85. The number of nitrogens with one attached hydrogen (secondary N) is 3. The van der Waals surface area contributed by atoms with Crippen LogP contribution in [0.2, 0.25) is 0 Å². The Morgan fingerprint density at radius 1 is 0.926 bits per heavy atom. The van der Waals surface area contributed by atoms with Crippen molar-refractivity contribution < 1.29 is 38.6 Å². The first-order chi connectivity index (χ1) is 25.6. The van der Waals surface area contributed by atoms with Crippen LogP contribution in [-0.2, 0) is 47.9 Å². The van der Waals surface area contributed by atoms with Gasteiger partial charge in [0, 0.05) is 19.2 Å². The maximum atomic E-state index is 14.9. The van der Waals surface area contributed by atoms with Gasteiger partial charge in [-0.2, -0.15) is 0 Å². The zero-order chi connectivity index (χ0) is 40.0. The van der Waals surface area contributed by atoms with Crippen LogP contribution in [0.25, 0.3) is 0 Å². The number of hydrogen-bond acceptors (Lipinski definition) is 11. The Morgan fingerprint density at radius 3 is 2.02 bits per heavy atom. The lowest BCUT2D eigenvalue weighted by Crippen LogP contribution is -2.62. The number of rotatable bonds is 18. The molecule has 15 heteroatoms. The number of nitrogens with zero attached hydrogens (tertiary/aromatic N) is 2. The summed E-state index contributed by atoms with van der Waals surface area (Å²) in [6.45, 7) is 8.01. The maximum Gasteiger partial charge on any atom is 0.417 e. The first-order valence-corrected chi connectivity index (χ1v) is 18.0. The van der Waals surface area contributed by atoms with E-state index in [0.29, 0.717) is 17.7 Å². The minimum Gasteiger partial charge on any atom is -0.467 e.